The highest BCUT2D eigenvalue weighted by Crippen LogP contribution is 2.24. The molecule has 21 heavy (non-hydrogen) atoms. The first-order valence-corrected chi connectivity index (χ1v) is 8.30. The molecule has 1 aromatic rings. The van der Waals surface area contributed by atoms with Gasteiger partial charge >= 0.3 is 0 Å². The van der Waals surface area contributed by atoms with Crippen LogP contribution in [0.15, 0.2) is 6.07 Å². The molecule has 0 aromatic carbocycles. The number of hydrogen-bond donors (Lipinski definition) is 1. The van der Waals surface area contributed by atoms with Gasteiger partial charge in [0.25, 0.3) is 0 Å². The van der Waals surface area contributed by atoms with Crippen molar-refractivity contribution in [2.24, 2.45) is 5.73 Å². The fraction of sp³-hybridized carbons (Fsp3) is 0.750. The number of piperidine rings is 1. The van der Waals surface area contributed by atoms with Crippen LogP contribution in [-0.2, 0) is 6.42 Å². The summed E-state index contributed by atoms with van der Waals surface area (Å²) >= 11 is 0. The molecule has 3 rings (SSSR count). The number of nitrogens with zero attached hydrogens (tertiary/aromatic N) is 4. The van der Waals surface area contributed by atoms with Crippen molar-refractivity contribution in [2.75, 3.05) is 37.6 Å². The zero-order valence-corrected chi connectivity index (χ0v) is 13.1. The van der Waals surface area contributed by atoms with Crippen LogP contribution < -0.4 is 10.6 Å². The Bertz CT molecular complexity index is 462. The molecule has 2 saturated heterocycles. The molecule has 0 saturated carbocycles. The lowest BCUT2D eigenvalue weighted by atomic mass is 10.0. The average molecular weight is 289 g/mol. The molecule has 2 N–H and O–H groups in total. The molecule has 3 heterocycles. The van der Waals surface area contributed by atoms with E-state index in [0.29, 0.717) is 6.54 Å². The van der Waals surface area contributed by atoms with Gasteiger partial charge in [-0.2, -0.15) is 0 Å². The summed E-state index contributed by atoms with van der Waals surface area (Å²) in [4.78, 5) is 14.2. The first-order valence-electron chi connectivity index (χ1n) is 8.30. The quantitative estimate of drug-likeness (QED) is 0.907. The van der Waals surface area contributed by atoms with Gasteiger partial charge in [0.1, 0.15) is 11.6 Å². The smallest absolute Gasteiger partial charge is 0.132 e. The van der Waals surface area contributed by atoms with Crippen molar-refractivity contribution in [1.29, 1.82) is 0 Å². The SMILES string of the molecule is Cc1nc(CCN)cc(N2CCC(N3CCCC3)CC2)n1. The molecule has 0 unspecified atom stereocenters. The number of rotatable bonds is 4. The van der Waals surface area contributed by atoms with Gasteiger partial charge in [0.2, 0.25) is 0 Å². The lowest BCUT2D eigenvalue weighted by molar-refractivity contribution is 0.207. The van der Waals surface area contributed by atoms with E-state index >= 15 is 0 Å². The zero-order valence-electron chi connectivity index (χ0n) is 13.1. The molecule has 116 valence electrons. The Morgan fingerprint density at radius 2 is 1.86 bits per heavy atom. The monoisotopic (exact) mass is 289 g/mol. The third-order valence-electron chi connectivity index (χ3n) is 4.72. The highest BCUT2D eigenvalue weighted by atomic mass is 15.2. The minimum absolute atomic E-state index is 0.646. The van der Waals surface area contributed by atoms with Gasteiger partial charge < -0.3 is 15.5 Å². The second-order valence-electron chi connectivity index (χ2n) is 6.26. The van der Waals surface area contributed by atoms with Crippen LogP contribution in [0.4, 0.5) is 5.82 Å². The zero-order chi connectivity index (χ0) is 14.7. The molecular weight excluding hydrogens is 262 g/mol. The van der Waals surface area contributed by atoms with Crippen LogP contribution in [0.3, 0.4) is 0 Å². The molecule has 2 aliphatic rings. The number of aromatic nitrogens is 2. The van der Waals surface area contributed by atoms with Crippen LogP contribution in [0.5, 0.6) is 0 Å². The van der Waals surface area contributed by atoms with Gasteiger partial charge in [-0.05, 0) is 52.2 Å². The molecule has 2 fully saturated rings. The highest BCUT2D eigenvalue weighted by Gasteiger charge is 2.27. The van der Waals surface area contributed by atoms with Gasteiger partial charge in [0.15, 0.2) is 0 Å². The number of aryl methyl sites for hydroxylation is 1. The van der Waals surface area contributed by atoms with E-state index in [4.69, 9.17) is 5.73 Å². The van der Waals surface area contributed by atoms with E-state index in [0.717, 1.165) is 42.9 Å². The van der Waals surface area contributed by atoms with Crippen LogP contribution in [0.2, 0.25) is 0 Å². The summed E-state index contributed by atoms with van der Waals surface area (Å²) in [5.41, 5.74) is 6.72. The summed E-state index contributed by atoms with van der Waals surface area (Å²) < 4.78 is 0. The van der Waals surface area contributed by atoms with Crippen molar-refractivity contribution in [3.05, 3.63) is 17.6 Å². The molecule has 0 aliphatic carbocycles. The van der Waals surface area contributed by atoms with Crippen molar-refractivity contribution in [3.8, 4) is 0 Å². The number of likely N-dealkylation sites (tertiary alicyclic amines) is 1. The van der Waals surface area contributed by atoms with Crippen LogP contribution in [0.25, 0.3) is 0 Å². The van der Waals surface area contributed by atoms with Crippen molar-refractivity contribution >= 4 is 5.82 Å². The van der Waals surface area contributed by atoms with Gasteiger partial charge in [0, 0.05) is 37.3 Å². The Morgan fingerprint density at radius 3 is 2.52 bits per heavy atom. The van der Waals surface area contributed by atoms with Gasteiger partial charge in [0.05, 0.1) is 0 Å². The molecule has 0 amide bonds. The summed E-state index contributed by atoms with van der Waals surface area (Å²) in [5.74, 6) is 1.95. The van der Waals surface area contributed by atoms with Crippen molar-refractivity contribution in [1.82, 2.24) is 14.9 Å². The molecule has 5 nitrogen and oxygen atoms in total. The standard InChI is InChI=1S/C16H27N5/c1-13-18-14(4-7-17)12-16(19-13)21-10-5-15(6-11-21)20-8-2-3-9-20/h12,15H,2-11,17H2,1H3. The normalized spacial score (nSPS) is 21.1. The Kier molecular flexibility index (Phi) is 4.70. The van der Waals surface area contributed by atoms with Crippen LogP contribution in [0, 0.1) is 6.92 Å². The number of hydrogen-bond acceptors (Lipinski definition) is 5. The van der Waals surface area contributed by atoms with Crippen molar-refractivity contribution in [2.45, 2.75) is 45.1 Å². The lowest BCUT2D eigenvalue weighted by Crippen LogP contribution is -2.44. The molecule has 0 spiro atoms. The van der Waals surface area contributed by atoms with E-state index in [1.165, 1.54) is 38.8 Å². The maximum atomic E-state index is 5.65. The second kappa shape index (κ2) is 6.71. The Labute approximate surface area is 127 Å². The van der Waals surface area contributed by atoms with Gasteiger partial charge in [-0.15, -0.1) is 0 Å². The molecule has 5 heteroatoms. The van der Waals surface area contributed by atoms with E-state index in [1.807, 2.05) is 6.92 Å². The number of nitrogens with two attached hydrogens (primary N) is 1. The predicted molar refractivity (Wildman–Crippen MR) is 85.6 cm³/mol. The Morgan fingerprint density at radius 1 is 1.14 bits per heavy atom. The summed E-state index contributed by atoms with van der Waals surface area (Å²) in [7, 11) is 0. The molecule has 1 aromatic heterocycles. The van der Waals surface area contributed by atoms with E-state index in [1.54, 1.807) is 0 Å². The third-order valence-corrected chi connectivity index (χ3v) is 4.72. The van der Waals surface area contributed by atoms with Gasteiger partial charge in [-0.1, -0.05) is 0 Å². The maximum Gasteiger partial charge on any atom is 0.132 e. The molecule has 0 atom stereocenters. The Hall–Kier alpha value is -1.20. The highest BCUT2D eigenvalue weighted by molar-refractivity contribution is 5.40. The summed E-state index contributed by atoms with van der Waals surface area (Å²) in [6.07, 6.45) is 6.12. The summed E-state index contributed by atoms with van der Waals surface area (Å²) in [6.45, 7) is 7.45. The average Bonchev–Trinajstić information content (AvgIpc) is 3.01. The minimum Gasteiger partial charge on any atom is -0.356 e. The minimum atomic E-state index is 0.646. The molecule has 2 aliphatic heterocycles. The number of anilines is 1. The van der Waals surface area contributed by atoms with E-state index in [2.05, 4.69) is 25.8 Å². The summed E-state index contributed by atoms with van der Waals surface area (Å²) in [5, 5.41) is 0. The van der Waals surface area contributed by atoms with Gasteiger partial charge in [-0.3, -0.25) is 0 Å². The van der Waals surface area contributed by atoms with Crippen LogP contribution >= 0.6 is 0 Å². The van der Waals surface area contributed by atoms with Crippen LogP contribution in [-0.4, -0.2) is 53.6 Å². The fourth-order valence-electron chi connectivity index (χ4n) is 3.62. The van der Waals surface area contributed by atoms with Gasteiger partial charge in [-0.25, -0.2) is 9.97 Å². The second-order valence-corrected chi connectivity index (χ2v) is 6.26. The predicted octanol–water partition coefficient (Wildman–Crippen LogP) is 1.35. The van der Waals surface area contributed by atoms with E-state index in [9.17, 15) is 0 Å². The molecular formula is C16H27N5. The van der Waals surface area contributed by atoms with Crippen molar-refractivity contribution in [3.63, 3.8) is 0 Å². The fourth-order valence-corrected chi connectivity index (χ4v) is 3.62. The molecule has 0 bridgehead atoms. The third kappa shape index (κ3) is 3.52. The first-order chi connectivity index (χ1) is 10.3. The molecule has 0 radical (unpaired) electrons. The topological polar surface area (TPSA) is 58.3 Å². The van der Waals surface area contributed by atoms with Crippen LogP contribution in [0.1, 0.15) is 37.2 Å². The summed E-state index contributed by atoms with van der Waals surface area (Å²) in [6, 6.07) is 2.91. The maximum absolute atomic E-state index is 5.65. The van der Waals surface area contributed by atoms with E-state index in [-0.39, 0.29) is 0 Å². The first kappa shape index (κ1) is 14.7. The van der Waals surface area contributed by atoms with E-state index < -0.39 is 0 Å². The largest absolute Gasteiger partial charge is 0.356 e. The lowest BCUT2D eigenvalue weighted by Gasteiger charge is -2.37. The van der Waals surface area contributed by atoms with Crippen molar-refractivity contribution < 1.29 is 0 Å². The Balaban J connectivity index is 1.63.